The molecule has 0 bridgehead atoms. The van der Waals surface area contributed by atoms with Crippen molar-refractivity contribution in [3.8, 4) is 11.4 Å². The molecule has 166 valence electrons. The summed E-state index contributed by atoms with van der Waals surface area (Å²) in [7, 11) is -0.462. The van der Waals surface area contributed by atoms with Crippen molar-refractivity contribution in [3.05, 3.63) is 66.1 Å². The maximum Gasteiger partial charge on any atom is 0.376 e. The van der Waals surface area contributed by atoms with Crippen LogP contribution in [0.1, 0.15) is 10.5 Å². The van der Waals surface area contributed by atoms with Gasteiger partial charge in [0.2, 0.25) is 0 Å². The van der Waals surface area contributed by atoms with E-state index in [9.17, 15) is 9.82 Å². The molecule has 1 fully saturated rings. The fraction of sp³-hybridized carbons (Fsp3) is 0.217. The van der Waals surface area contributed by atoms with Crippen LogP contribution in [-0.2, 0) is 0 Å². The molecule has 1 amide bonds. The third-order valence-corrected chi connectivity index (χ3v) is 6.80. The predicted octanol–water partition coefficient (Wildman–Crippen LogP) is 3.24. The Kier molecular flexibility index (Phi) is 6.04. The summed E-state index contributed by atoms with van der Waals surface area (Å²) in [6.45, 7) is 4.78. The summed E-state index contributed by atoms with van der Waals surface area (Å²) < 4.78 is 1.15. The minimum atomic E-state index is -0.462. The number of piperazine rings is 1. The summed E-state index contributed by atoms with van der Waals surface area (Å²) in [5, 5.41) is 15.9. The number of pyridine rings is 1. The van der Waals surface area contributed by atoms with Crippen LogP contribution in [0.2, 0.25) is 6.82 Å². The number of carbonyl (C=O) groups is 1. The zero-order valence-corrected chi connectivity index (χ0v) is 19.0. The average Bonchev–Trinajstić information content (AvgIpc) is 3.29. The van der Waals surface area contributed by atoms with Gasteiger partial charge in [-0.1, -0.05) is 18.2 Å². The number of nitrogens with one attached hydrogen (secondary N) is 1. The summed E-state index contributed by atoms with van der Waals surface area (Å²) in [5.74, 6) is 0.218. The molecule has 5 rings (SSSR count). The number of rotatable bonds is 5. The van der Waals surface area contributed by atoms with Crippen LogP contribution < -0.4 is 10.2 Å². The highest BCUT2D eigenvalue weighted by Gasteiger charge is 2.24. The smallest absolute Gasteiger partial charge is 0.376 e. The van der Waals surface area contributed by atoms with E-state index >= 15 is 0 Å². The molecule has 33 heavy (non-hydrogen) atoms. The predicted molar refractivity (Wildman–Crippen MR) is 133 cm³/mol. The van der Waals surface area contributed by atoms with Crippen LogP contribution in [0.3, 0.4) is 0 Å². The lowest BCUT2D eigenvalue weighted by atomic mass is 9.84. The standard InChI is InChI=1S/C23H23BN6O2S/c1-24(32)30-12-10-29(11-13-30)20-7-8-25-14-19(20)28-23(31)18-6-9-26-22(27-18)17-15-33-21-5-3-2-4-16(17)21/h2-9,14-15,32H,10-13H2,1H3,(H,28,31). The van der Waals surface area contributed by atoms with Crippen LogP contribution in [0.25, 0.3) is 21.5 Å². The first kappa shape index (κ1) is 21.5. The summed E-state index contributed by atoms with van der Waals surface area (Å²) in [6.07, 6.45) is 4.99. The van der Waals surface area contributed by atoms with Gasteiger partial charge >= 0.3 is 7.05 Å². The van der Waals surface area contributed by atoms with Gasteiger partial charge in [0.15, 0.2) is 5.82 Å². The van der Waals surface area contributed by atoms with Gasteiger partial charge in [0.25, 0.3) is 5.91 Å². The molecular weight excluding hydrogens is 435 g/mol. The molecule has 0 radical (unpaired) electrons. The fourth-order valence-electron chi connectivity index (χ4n) is 4.05. The molecule has 0 unspecified atom stereocenters. The monoisotopic (exact) mass is 458 g/mol. The number of nitrogens with zero attached hydrogens (tertiary/aromatic N) is 5. The average molecular weight is 458 g/mol. The van der Waals surface area contributed by atoms with Crippen LogP contribution in [0.15, 0.2) is 60.4 Å². The van der Waals surface area contributed by atoms with E-state index in [0.717, 1.165) is 47.5 Å². The van der Waals surface area contributed by atoms with E-state index in [1.165, 1.54) is 0 Å². The number of hydrogen-bond acceptors (Lipinski definition) is 8. The number of thiophene rings is 1. The molecule has 0 saturated carbocycles. The molecular formula is C23H23BN6O2S. The fourth-order valence-corrected chi connectivity index (χ4v) is 4.99. The summed E-state index contributed by atoms with van der Waals surface area (Å²) in [5.41, 5.74) is 2.75. The van der Waals surface area contributed by atoms with Crippen molar-refractivity contribution < 1.29 is 9.82 Å². The molecule has 10 heteroatoms. The Labute approximate surface area is 196 Å². The van der Waals surface area contributed by atoms with Crippen molar-refractivity contribution in [2.45, 2.75) is 6.82 Å². The number of benzene rings is 1. The van der Waals surface area contributed by atoms with Gasteiger partial charge < -0.3 is 20.1 Å². The lowest BCUT2D eigenvalue weighted by Gasteiger charge is -2.37. The van der Waals surface area contributed by atoms with Gasteiger partial charge in [-0.3, -0.25) is 9.78 Å². The quantitative estimate of drug-likeness (QED) is 0.444. The zero-order valence-electron chi connectivity index (χ0n) is 18.2. The van der Waals surface area contributed by atoms with Crippen LogP contribution >= 0.6 is 11.3 Å². The zero-order chi connectivity index (χ0) is 22.8. The lowest BCUT2D eigenvalue weighted by molar-refractivity contribution is 0.102. The number of amides is 1. The summed E-state index contributed by atoms with van der Waals surface area (Å²) >= 11 is 1.63. The van der Waals surface area contributed by atoms with Gasteiger partial charge in [-0.2, -0.15) is 0 Å². The Bertz CT molecular complexity index is 1290. The van der Waals surface area contributed by atoms with Crippen molar-refractivity contribution in [3.63, 3.8) is 0 Å². The van der Waals surface area contributed by atoms with Gasteiger partial charge in [0.1, 0.15) is 5.69 Å². The van der Waals surface area contributed by atoms with Crippen molar-refractivity contribution in [2.75, 3.05) is 36.4 Å². The van der Waals surface area contributed by atoms with Crippen LogP contribution in [0, 0.1) is 0 Å². The second-order valence-corrected chi connectivity index (χ2v) is 8.82. The first-order chi connectivity index (χ1) is 16.1. The van der Waals surface area contributed by atoms with Crippen LogP contribution in [0.4, 0.5) is 11.4 Å². The first-order valence-electron chi connectivity index (χ1n) is 10.8. The Morgan fingerprint density at radius 3 is 2.76 bits per heavy atom. The Morgan fingerprint density at radius 1 is 1.12 bits per heavy atom. The number of aromatic nitrogens is 3. The first-order valence-corrected chi connectivity index (χ1v) is 11.7. The molecule has 0 spiro atoms. The van der Waals surface area contributed by atoms with E-state index in [1.54, 1.807) is 42.8 Å². The van der Waals surface area contributed by atoms with Gasteiger partial charge in [-0.15, -0.1) is 11.3 Å². The highest BCUT2D eigenvalue weighted by molar-refractivity contribution is 7.17. The maximum atomic E-state index is 13.1. The third-order valence-electron chi connectivity index (χ3n) is 5.84. The van der Waals surface area contributed by atoms with Crippen molar-refractivity contribution in [1.29, 1.82) is 0 Å². The minimum Gasteiger partial charge on any atom is -0.437 e. The Morgan fingerprint density at radius 2 is 1.94 bits per heavy atom. The number of carbonyl (C=O) groups excluding carboxylic acids is 1. The molecule has 0 atom stereocenters. The van der Waals surface area contributed by atoms with Gasteiger partial charge in [-0.05, 0) is 25.0 Å². The molecule has 4 heterocycles. The normalized spacial score (nSPS) is 14.4. The van der Waals surface area contributed by atoms with E-state index in [2.05, 4.69) is 31.2 Å². The lowest BCUT2D eigenvalue weighted by Crippen LogP contribution is -2.51. The summed E-state index contributed by atoms with van der Waals surface area (Å²) in [4.78, 5) is 30.5. The highest BCUT2D eigenvalue weighted by Crippen LogP contribution is 2.32. The molecule has 4 aromatic rings. The minimum absolute atomic E-state index is 0.295. The molecule has 8 nitrogen and oxygen atoms in total. The molecule has 0 aliphatic carbocycles. The van der Waals surface area contributed by atoms with E-state index in [0.29, 0.717) is 17.2 Å². The number of fused-ring (bicyclic) bond motifs is 1. The van der Waals surface area contributed by atoms with Gasteiger partial charge in [-0.25, -0.2) is 9.97 Å². The highest BCUT2D eigenvalue weighted by atomic mass is 32.1. The Balaban J connectivity index is 1.36. The molecule has 1 aromatic carbocycles. The van der Waals surface area contributed by atoms with E-state index < -0.39 is 7.05 Å². The molecule has 1 aliphatic heterocycles. The van der Waals surface area contributed by atoms with Crippen molar-refractivity contribution in [2.24, 2.45) is 0 Å². The van der Waals surface area contributed by atoms with E-state index in [1.807, 2.05) is 34.5 Å². The maximum absolute atomic E-state index is 13.1. The molecule has 2 N–H and O–H groups in total. The molecule has 1 saturated heterocycles. The second-order valence-electron chi connectivity index (χ2n) is 7.91. The van der Waals surface area contributed by atoms with E-state index in [4.69, 9.17) is 0 Å². The van der Waals surface area contributed by atoms with Crippen LogP contribution in [-0.4, -0.2) is 63.9 Å². The number of anilines is 2. The molecule has 1 aliphatic rings. The SMILES string of the molecule is CB(O)N1CCN(c2ccncc2NC(=O)c2ccnc(-c3csc4ccccc34)n2)CC1. The second kappa shape index (κ2) is 9.26. The van der Waals surface area contributed by atoms with Crippen LogP contribution in [0.5, 0.6) is 0 Å². The van der Waals surface area contributed by atoms with Crippen molar-refractivity contribution in [1.82, 2.24) is 19.8 Å². The topological polar surface area (TPSA) is 94.5 Å². The largest absolute Gasteiger partial charge is 0.437 e. The summed E-state index contributed by atoms with van der Waals surface area (Å²) in [6, 6.07) is 11.6. The van der Waals surface area contributed by atoms with Gasteiger partial charge in [0.05, 0.1) is 17.6 Å². The third kappa shape index (κ3) is 4.45. The van der Waals surface area contributed by atoms with Gasteiger partial charge in [0, 0.05) is 59.6 Å². The Hall–Kier alpha value is -3.34. The van der Waals surface area contributed by atoms with E-state index in [-0.39, 0.29) is 5.91 Å². The van der Waals surface area contributed by atoms with Crippen molar-refractivity contribution >= 4 is 45.8 Å². The number of hydrogen-bond donors (Lipinski definition) is 2. The molecule has 3 aromatic heterocycles.